The van der Waals surface area contributed by atoms with Crippen LogP contribution in [0.15, 0.2) is 0 Å². The van der Waals surface area contributed by atoms with Gasteiger partial charge in [-0.3, -0.25) is 0 Å². The average Bonchev–Trinajstić information content (AvgIpc) is 2.32. The summed E-state index contributed by atoms with van der Waals surface area (Å²) in [6.45, 7) is 8.64. The molecule has 0 bridgehead atoms. The summed E-state index contributed by atoms with van der Waals surface area (Å²) in [5.41, 5.74) is 0.0484. The van der Waals surface area contributed by atoms with Crippen molar-refractivity contribution in [3.05, 3.63) is 0 Å². The maximum Gasteiger partial charge on any atom is 0.100 e. The van der Waals surface area contributed by atoms with Crippen LogP contribution in [0.4, 0.5) is 0 Å². The van der Waals surface area contributed by atoms with Gasteiger partial charge in [-0.15, -0.1) is 0 Å². The van der Waals surface area contributed by atoms with Gasteiger partial charge in [0.1, 0.15) is 5.60 Å². The number of aliphatic hydroxyl groups is 1. The molecule has 0 aromatic carbocycles. The van der Waals surface area contributed by atoms with E-state index in [9.17, 15) is 5.11 Å². The second kappa shape index (κ2) is 1.88. The molecule has 2 aliphatic rings. The van der Waals surface area contributed by atoms with Crippen LogP contribution in [0.2, 0.25) is 0 Å². The van der Waals surface area contributed by atoms with Gasteiger partial charge >= 0.3 is 0 Å². The number of rotatable bonds is 0. The Bertz CT molecular complexity index is 224. The summed E-state index contributed by atoms with van der Waals surface area (Å²) in [6.07, 6.45) is 1.48. The molecule has 2 heteroatoms. The molecule has 70 valence electrons. The molecular formula is C10H18O2. The molecule has 2 fully saturated rings. The van der Waals surface area contributed by atoms with E-state index in [0.29, 0.717) is 0 Å². The van der Waals surface area contributed by atoms with Crippen LogP contribution in [0.3, 0.4) is 0 Å². The van der Waals surface area contributed by atoms with E-state index in [1.807, 2.05) is 0 Å². The highest BCUT2D eigenvalue weighted by Gasteiger charge is 2.72. The highest BCUT2D eigenvalue weighted by Crippen LogP contribution is 2.64. The SMILES string of the molecule is CC1(C)C[C@H](O)CC2(C)OC12C. The molecule has 1 aliphatic carbocycles. The lowest BCUT2D eigenvalue weighted by Crippen LogP contribution is -2.45. The van der Waals surface area contributed by atoms with Crippen LogP contribution in [0, 0.1) is 5.41 Å². The predicted molar refractivity (Wildman–Crippen MR) is 46.9 cm³/mol. The van der Waals surface area contributed by atoms with E-state index in [1.54, 1.807) is 0 Å². The monoisotopic (exact) mass is 170 g/mol. The highest BCUT2D eigenvalue weighted by atomic mass is 16.6. The first-order chi connectivity index (χ1) is 5.31. The number of fused-ring (bicyclic) bond motifs is 1. The molecule has 0 spiro atoms. The summed E-state index contributed by atoms with van der Waals surface area (Å²) in [5.74, 6) is 0. The van der Waals surface area contributed by atoms with Gasteiger partial charge in [-0.2, -0.15) is 0 Å². The molecule has 0 radical (unpaired) electrons. The Hall–Kier alpha value is -0.0800. The van der Waals surface area contributed by atoms with Crippen LogP contribution in [0.5, 0.6) is 0 Å². The van der Waals surface area contributed by atoms with Crippen molar-refractivity contribution in [1.29, 1.82) is 0 Å². The zero-order chi connectivity index (χ0) is 9.20. The fourth-order valence-electron chi connectivity index (χ4n) is 2.82. The molecule has 12 heavy (non-hydrogen) atoms. The summed E-state index contributed by atoms with van der Waals surface area (Å²) in [6, 6.07) is 0. The fraction of sp³-hybridized carbons (Fsp3) is 1.00. The molecule has 3 atom stereocenters. The molecule has 1 saturated carbocycles. The van der Waals surface area contributed by atoms with Gasteiger partial charge in [-0.1, -0.05) is 13.8 Å². The molecule has 1 heterocycles. The molecule has 2 nitrogen and oxygen atoms in total. The molecule has 1 aliphatic heterocycles. The van der Waals surface area contributed by atoms with Crippen molar-refractivity contribution in [2.45, 2.75) is 57.8 Å². The number of hydrogen-bond acceptors (Lipinski definition) is 2. The lowest BCUT2D eigenvalue weighted by Gasteiger charge is -2.38. The minimum absolute atomic E-state index is 0.000764. The van der Waals surface area contributed by atoms with Crippen LogP contribution < -0.4 is 0 Å². The third kappa shape index (κ3) is 0.775. The molecule has 2 unspecified atom stereocenters. The molecule has 0 aromatic rings. The topological polar surface area (TPSA) is 32.8 Å². The summed E-state index contributed by atoms with van der Waals surface area (Å²) in [7, 11) is 0. The van der Waals surface area contributed by atoms with Crippen molar-refractivity contribution in [2.24, 2.45) is 5.41 Å². The van der Waals surface area contributed by atoms with Crippen molar-refractivity contribution >= 4 is 0 Å². The van der Waals surface area contributed by atoms with Gasteiger partial charge in [-0.25, -0.2) is 0 Å². The minimum atomic E-state index is -0.180. The number of ether oxygens (including phenoxy) is 1. The van der Waals surface area contributed by atoms with Crippen molar-refractivity contribution in [1.82, 2.24) is 0 Å². The summed E-state index contributed by atoms with van der Waals surface area (Å²) in [5, 5.41) is 9.64. The molecule has 2 rings (SSSR count). The first kappa shape index (κ1) is 8.52. The van der Waals surface area contributed by atoms with E-state index in [1.165, 1.54) is 0 Å². The van der Waals surface area contributed by atoms with Crippen LogP contribution in [0.25, 0.3) is 0 Å². The summed E-state index contributed by atoms with van der Waals surface area (Å²) in [4.78, 5) is 0. The summed E-state index contributed by atoms with van der Waals surface area (Å²) < 4.78 is 5.78. The third-order valence-electron chi connectivity index (χ3n) is 4.06. The van der Waals surface area contributed by atoms with Gasteiger partial charge in [0.2, 0.25) is 0 Å². The van der Waals surface area contributed by atoms with E-state index in [-0.39, 0.29) is 22.7 Å². The zero-order valence-corrected chi connectivity index (χ0v) is 8.35. The zero-order valence-electron chi connectivity index (χ0n) is 8.35. The largest absolute Gasteiger partial charge is 0.393 e. The fourth-order valence-corrected chi connectivity index (χ4v) is 2.82. The first-order valence-corrected chi connectivity index (χ1v) is 4.69. The number of epoxide rings is 1. The Morgan fingerprint density at radius 2 is 1.75 bits per heavy atom. The summed E-state index contributed by atoms with van der Waals surface area (Å²) >= 11 is 0. The maximum atomic E-state index is 9.64. The molecule has 0 amide bonds. The third-order valence-corrected chi connectivity index (χ3v) is 4.06. The van der Waals surface area contributed by atoms with Crippen LogP contribution in [-0.4, -0.2) is 22.4 Å². The minimum Gasteiger partial charge on any atom is -0.393 e. The Morgan fingerprint density at radius 1 is 1.17 bits per heavy atom. The van der Waals surface area contributed by atoms with Gasteiger partial charge in [-0.05, 0) is 25.7 Å². The smallest absolute Gasteiger partial charge is 0.100 e. The molecule has 1 saturated heterocycles. The van der Waals surface area contributed by atoms with E-state index >= 15 is 0 Å². The standard InChI is InChI=1S/C10H18O2/c1-8(2)5-7(11)6-9(3)10(8,4)12-9/h7,11H,5-6H2,1-4H3/t7-,9?,10?/m0/s1. The van der Waals surface area contributed by atoms with Crippen LogP contribution in [-0.2, 0) is 4.74 Å². The molecule has 1 N–H and O–H groups in total. The Labute approximate surface area is 73.9 Å². The highest BCUT2D eigenvalue weighted by molar-refractivity contribution is 5.21. The second-order valence-corrected chi connectivity index (χ2v) is 5.31. The lowest BCUT2D eigenvalue weighted by atomic mass is 9.64. The van der Waals surface area contributed by atoms with E-state index < -0.39 is 0 Å². The van der Waals surface area contributed by atoms with E-state index in [0.717, 1.165) is 12.8 Å². The predicted octanol–water partition coefficient (Wildman–Crippen LogP) is 1.71. The van der Waals surface area contributed by atoms with Crippen molar-refractivity contribution < 1.29 is 9.84 Å². The number of aliphatic hydroxyl groups excluding tert-OH is 1. The maximum absolute atomic E-state index is 9.64. The molecule has 0 aromatic heterocycles. The van der Waals surface area contributed by atoms with Gasteiger partial charge in [0.25, 0.3) is 0 Å². The Morgan fingerprint density at radius 3 is 2.25 bits per heavy atom. The van der Waals surface area contributed by atoms with Crippen molar-refractivity contribution in [2.75, 3.05) is 0 Å². The van der Waals surface area contributed by atoms with Gasteiger partial charge in [0, 0.05) is 6.42 Å². The van der Waals surface area contributed by atoms with Crippen molar-refractivity contribution in [3.63, 3.8) is 0 Å². The van der Waals surface area contributed by atoms with Gasteiger partial charge < -0.3 is 9.84 Å². The Kier molecular flexibility index (Phi) is 1.33. The van der Waals surface area contributed by atoms with Crippen LogP contribution >= 0.6 is 0 Å². The van der Waals surface area contributed by atoms with Crippen molar-refractivity contribution in [3.8, 4) is 0 Å². The first-order valence-electron chi connectivity index (χ1n) is 4.69. The average molecular weight is 170 g/mol. The van der Waals surface area contributed by atoms with E-state index in [4.69, 9.17) is 4.74 Å². The normalized spacial score (nSPS) is 56.2. The van der Waals surface area contributed by atoms with Crippen LogP contribution in [0.1, 0.15) is 40.5 Å². The second-order valence-electron chi connectivity index (χ2n) is 5.31. The quantitative estimate of drug-likeness (QED) is 0.561. The van der Waals surface area contributed by atoms with Gasteiger partial charge in [0.05, 0.1) is 11.7 Å². The lowest BCUT2D eigenvalue weighted by molar-refractivity contribution is 0.0421. The Balaban J connectivity index is 2.30. The van der Waals surface area contributed by atoms with Gasteiger partial charge in [0.15, 0.2) is 0 Å². The molecular weight excluding hydrogens is 152 g/mol. The number of hydrogen-bond donors (Lipinski definition) is 1. The van der Waals surface area contributed by atoms with E-state index in [2.05, 4.69) is 27.7 Å².